The topological polar surface area (TPSA) is 201 Å². The van der Waals surface area contributed by atoms with Gasteiger partial charge < -0.3 is 40.8 Å². The number of fused-ring (bicyclic) bond motifs is 9. The number of guanidine groups is 1. The predicted octanol–water partition coefficient (Wildman–Crippen LogP) is 6.93. The van der Waals surface area contributed by atoms with Crippen LogP contribution in [0.25, 0.3) is 0 Å². The monoisotopic (exact) mass is 1030 g/mol. The van der Waals surface area contributed by atoms with E-state index in [-0.39, 0.29) is 102 Å². The van der Waals surface area contributed by atoms with E-state index in [0.29, 0.717) is 61.8 Å². The Morgan fingerprint density at radius 2 is 1.69 bits per heavy atom. The molecule has 9 aliphatic rings. The van der Waals surface area contributed by atoms with Crippen LogP contribution in [0.2, 0.25) is 0 Å². The first-order chi connectivity index (χ1) is 35.1. The quantitative estimate of drug-likeness (QED) is 0.0308. The van der Waals surface area contributed by atoms with Gasteiger partial charge in [0.05, 0.1) is 27.1 Å². The van der Waals surface area contributed by atoms with Crippen molar-refractivity contribution in [1.29, 1.82) is 0 Å². The van der Waals surface area contributed by atoms with Crippen molar-refractivity contribution in [2.24, 2.45) is 51.5 Å². The number of nitrogens with two attached hydrogens (primary N) is 2. The Bertz CT molecular complexity index is 2930. The van der Waals surface area contributed by atoms with Crippen molar-refractivity contribution in [2.75, 3.05) is 6.61 Å². The SMILES string of the molecule is CC1CCc2cc3ccc2C1CC(S(=O)(=O)[O-])C1C=C2CC(CC4CC(CO)CC#Cc5cc(O)ccc5C2O4)C1c1ccc(cc1)C(CC(Cc1ccccc1)C1(O)CCCC2(CCCC2)C1)(N=C(N)N)O3.[Na+]. The Morgan fingerprint density at radius 1 is 0.932 bits per heavy atom. The van der Waals surface area contributed by atoms with Crippen LogP contribution in [-0.4, -0.2) is 57.8 Å². The first-order valence-electron chi connectivity index (χ1n) is 27.1. The molecule has 5 aliphatic heterocycles. The standard InChI is InChI=1S/C61H73N3O8S.Na/c1-38-13-14-43-31-49-20-22-51(43)53(38)34-55(73(68,69)70)54-33-45-29-44(32-50-28-40(36-65)11-7-12-42-30-48(66)19-21-52(42)57(45)71-50)56(54)41-15-17-46(18-16-41)61(72-49,64-58(62)63)35-47(27-39-9-3-2-4-10-39)60(67)26-8-25-59(37-60)23-5-6-24-59;/h2-4,9-10,15-22,30-31,33,38,40,44,47,50,53-57,65-67H,5-6,8,11,13-14,23-29,32,34-37H2,1H3,(H4,62,63,64)(H,68,69,70);/q;+1/p-1. The van der Waals surface area contributed by atoms with E-state index in [2.05, 4.69) is 61.2 Å². The van der Waals surface area contributed by atoms with E-state index in [4.69, 9.17) is 25.9 Å². The van der Waals surface area contributed by atoms with E-state index in [1.807, 2.05) is 42.5 Å². The molecule has 0 radical (unpaired) electrons. The second-order valence-corrected chi connectivity index (χ2v) is 25.1. The summed E-state index contributed by atoms with van der Waals surface area (Å²) < 4.78 is 57.3. The van der Waals surface area contributed by atoms with Crippen molar-refractivity contribution >= 4 is 16.1 Å². The van der Waals surface area contributed by atoms with Gasteiger partial charge in [0.2, 0.25) is 5.72 Å². The maximum absolute atomic E-state index is 14.3. The van der Waals surface area contributed by atoms with Gasteiger partial charge in [-0.2, -0.15) is 0 Å². The number of aliphatic hydroxyl groups is 2. The summed E-state index contributed by atoms with van der Waals surface area (Å²) in [7, 11) is -4.92. The molecule has 12 atom stereocenters. The number of hydrogen-bond donors (Lipinski definition) is 5. The molecule has 3 fully saturated rings. The molecule has 13 rings (SSSR count). The van der Waals surface area contributed by atoms with Crippen LogP contribution in [0.4, 0.5) is 0 Å². The molecule has 4 aliphatic carbocycles. The van der Waals surface area contributed by atoms with Crippen molar-refractivity contribution in [3.63, 3.8) is 0 Å². The summed E-state index contributed by atoms with van der Waals surface area (Å²) in [6.45, 7) is 2.09. The Hall–Kier alpha value is -4.16. The molecule has 1 spiro atoms. The second-order valence-electron chi connectivity index (χ2n) is 23.5. The number of phenolic OH excluding ortho intramolecular Hbond substituents is 1. The number of aliphatic hydroxyl groups excluding tert-OH is 1. The normalized spacial score (nSPS) is 32.3. The number of aliphatic imine (C=N–C) groups is 1. The molecule has 10 bridgehead atoms. The molecular formula is C61H72N3NaO8S. The average molecular weight is 1030 g/mol. The minimum atomic E-state index is -4.92. The minimum absolute atomic E-state index is 0. The molecule has 0 aromatic heterocycles. The van der Waals surface area contributed by atoms with Gasteiger partial charge in [0.1, 0.15) is 17.6 Å². The van der Waals surface area contributed by atoms with E-state index in [1.165, 1.54) is 12.8 Å². The van der Waals surface area contributed by atoms with Crippen LogP contribution in [0.5, 0.6) is 11.5 Å². The Morgan fingerprint density at radius 3 is 2.43 bits per heavy atom. The molecule has 2 saturated carbocycles. The molecule has 12 unspecified atom stereocenters. The summed E-state index contributed by atoms with van der Waals surface area (Å²) in [6.07, 6.45) is 13.8. The van der Waals surface area contributed by atoms with Gasteiger partial charge in [-0.1, -0.05) is 111 Å². The summed E-state index contributed by atoms with van der Waals surface area (Å²) in [6, 6.07) is 29.7. The van der Waals surface area contributed by atoms with Crippen molar-refractivity contribution in [3.8, 4) is 23.3 Å². The van der Waals surface area contributed by atoms with E-state index in [1.54, 1.807) is 12.1 Å². The number of allylic oxidation sites excluding steroid dienone is 1. The summed E-state index contributed by atoms with van der Waals surface area (Å²) >= 11 is 0. The van der Waals surface area contributed by atoms with Crippen molar-refractivity contribution < 1.29 is 67.3 Å². The van der Waals surface area contributed by atoms with Gasteiger partial charge in [-0.05, 0) is 176 Å². The summed E-state index contributed by atoms with van der Waals surface area (Å²) in [4.78, 5) is 5.14. The third-order valence-corrected chi connectivity index (χ3v) is 20.1. The molecule has 4 aromatic rings. The molecule has 11 nitrogen and oxygen atoms in total. The average Bonchev–Trinajstić information content (AvgIpc) is 3.75. The fourth-order valence-corrected chi connectivity index (χ4v) is 16.5. The van der Waals surface area contributed by atoms with Gasteiger partial charge in [-0.25, -0.2) is 13.4 Å². The van der Waals surface area contributed by atoms with Gasteiger partial charge >= 0.3 is 29.6 Å². The fourth-order valence-electron chi connectivity index (χ4n) is 15.4. The van der Waals surface area contributed by atoms with Gasteiger partial charge in [0, 0.05) is 36.1 Å². The molecule has 13 heteroatoms. The number of benzene rings is 4. The maximum atomic E-state index is 14.3. The van der Waals surface area contributed by atoms with Gasteiger partial charge in [0.15, 0.2) is 5.96 Å². The molecule has 0 amide bonds. The van der Waals surface area contributed by atoms with Crippen molar-refractivity contribution in [1.82, 2.24) is 0 Å². The number of ether oxygens (including phenoxy) is 2. The van der Waals surface area contributed by atoms with Crippen LogP contribution in [0.1, 0.15) is 160 Å². The molecule has 7 N–H and O–H groups in total. The number of nitrogens with zero attached hydrogens (tertiary/aromatic N) is 1. The predicted molar refractivity (Wildman–Crippen MR) is 281 cm³/mol. The molecule has 74 heavy (non-hydrogen) atoms. The van der Waals surface area contributed by atoms with Crippen LogP contribution in [0.3, 0.4) is 0 Å². The molecular weight excluding hydrogens is 958 g/mol. The number of aromatic hydroxyl groups is 1. The summed E-state index contributed by atoms with van der Waals surface area (Å²) in [5, 5.41) is 33.4. The van der Waals surface area contributed by atoms with Gasteiger partial charge in [-0.15, -0.1) is 0 Å². The molecule has 386 valence electrons. The number of aryl methyl sites for hydroxylation is 1. The van der Waals surface area contributed by atoms with Crippen LogP contribution in [0, 0.1) is 46.8 Å². The van der Waals surface area contributed by atoms with E-state index in [9.17, 15) is 28.3 Å². The van der Waals surface area contributed by atoms with Crippen LogP contribution in [0.15, 0.2) is 108 Å². The van der Waals surface area contributed by atoms with E-state index in [0.717, 1.165) is 71.9 Å². The van der Waals surface area contributed by atoms with E-state index >= 15 is 0 Å². The van der Waals surface area contributed by atoms with Crippen molar-refractivity contribution in [3.05, 3.63) is 142 Å². The zero-order valence-corrected chi connectivity index (χ0v) is 45.9. The summed E-state index contributed by atoms with van der Waals surface area (Å²) in [5.74, 6) is 5.11. The number of hydrogen-bond acceptors (Lipinski definition) is 9. The van der Waals surface area contributed by atoms with Crippen LogP contribution in [-0.2, 0) is 33.4 Å². The minimum Gasteiger partial charge on any atom is -0.748 e. The molecule has 4 aromatic carbocycles. The molecule has 1 saturated heterocycles. The smallest absolute Gasteiger partial charge is 0.748 e. The van der Waals surface area contributed by atoms with Gasteiger partial charge in [0.25, 0.3) is 0 Å². The zero-order valence-electron chi connectivity index (χ0n) is 43.1. The second kappa shape index (κ2) is 21.3. The van der Waals surface area contributed by atoms with Crippen LogP contribution < -0.4 is 45.8 Å². The van der Waals surface area contributed by atoms with Gasteiger partial charge in [-0.3, -0.25) is 0 Å². The third kappa shape index (κ3) is 10.6. The summed E-state index contributed by atoms with van der Waals surface area (Å²) in [5.41, 5.74) is 17.7. The largest absolute Gasteiger partial charge is 1.00 e. The first-order valence-corrected chi connectivity index (χ1v) is 28.6. The third-order valence-electron chi connectivity index (χ3n) is 18.8. The first kappa shape index (κ1) is 53.2. The molecule has 5 heterocycles. The zero-order chi connectivity index (χ0) is 50.7. The van der Waals surface area contributed by atoms with Crippen molar-refractivity contribution in [2.45, 2.75) is 157 Å². The number of rotatable bonds is 8. The number of phenols is 1. The maximum Gasteiger partial charge on any atom is 1.00 e. The van der Waals surface area contributed by atoms with E-state index < -0.39 is 44.6 Å². The Balaban J connectivity index is 0.00000626. The van der Waals surface area contributed by atoms with Crippen LogP contribution >= 0.6 is 0 Å². The fraction of sp³-hybridized carbons (Fsp3) is 0.525. The Kier molecular flexibility index (Phi) is 15.4. The Labute approximate surface area is 460 Å².